The molecule has 34 heavy (non-hydrogen) atoms. The Morgan fingerprint density at radius 3 is 2.44 bits per heavy atom. The van der Waals surface area contributed by atoms with E-state index in [9.17, 15) is 22.4 Å². The van der Waals surface area contributed by atoms with Gasteiger partial charge in [0, 0.05) is 11.5 Å². The summed E-state index contributed by atoms with van der Waals surface area (Å²) in [5, 5.41) is 7.74. The zero-order chi connectivity index (χ0) is 24.7. The number of carbonyl (C=O) groups excluding carboxylic acids is 2. The standard InChI is InChI=1S/C23H23FN4O5S/c1-16-3-5-18(6-4-16)11-12-34(31,32)25-14-23(30)33-15-22(29)26-21-13-17(2)27-28(21)20-9-7-19(24)8-10-20/h3-13,25H,14-15H2,1-2H3,(H,26,29)/b12-11+. The molecule has 0 radical (unpaired) electrons. The summed E-state index contributed by atoms with van der Waals surface area (Å²) in [5.41, 5.74) is 2.85. The molecular formula is C23H23FN4O5S. The van der Waals surface area contributed by atoms with Gasteiger partial charge in [-0.05, 0) is 49.8 Å². The Labute approximate surface area is 196 Å². The average Bonchev–Trinajstić information content (AvgIpc) is 3.16. The third-order valence-corrected chi connectivity index (χ3v) is 5.51. The fourth-order valence-corrected chi connectivity index (χ4v) is 3.55. The molecule has 178 valence electrons. The van der Waals surface area contributed by atoms with Crippen LogP contribution in [0.2, 0.25) is 0 Å². The fraction of sp³-hybridized carbons (Fsp3) is 0.174. The van der Waals surface area contributed by atoms with Gasteiger partial charge in [-0.25, -0.2) is 22.2 Å². The molecule has 2 aromatic carbocycles. The van der Waals surface area contributed by atoms with Gasteiger partial charge < -0.3 is 10.1 Å². The SMILES string of the molecule is Cc1ccc(/C=C/S(=O)(=O)NCC(=O)OCC(=O)Nc2cc(C)nn2-c2ccc(F)cc2)cc1. The highest BCUT2D eigenvalue weighted by Crippen LogP contribution is 2.17. The van der Waals surface area contributed by atoms with Crippen molar-refractivity contribution in [3.63, 3.8) is 0 Å². The van der Waals surface area contributed by atoms with Crippen molar-refractivity contribution < 1.29 is 27.1 Å². The zero-order valence-electron chi connectivity index (χ0n) is 18.5. The average molecular weight is 487 g/mol. The predicted molar refractivity (Wildman–Crippen MR) is 125 cm³/mol. The van der Waals surface area contributed by atoms with Gasteiger partial charge in [0.1, 0.15) is 18.2 Å². The summed E-state index contributed by atoms with van der Waals surface area (Å²) in [6.45, 7) is 2.36. The molecule has 0 aliphatic carbocycles. The van der Waals surface area contributed by atoms with Crippen LogP contribution in [0.25, 0.3) is 11.8 Å². The van der Waals surface area contributed by atoms with Crippen molar-refractivity contribution in [1.29, 1.82) is 0 Å². The summed E-state index contributed by atoms with van der Waals surface area (Å²) in [4.78, 5) is 24.1. The van der Waals surface area contributed by atoms with E-state index in [0.717, 1.165) is 11.0 Å². The number of benzene rings is 2. The van der Waals surface area contributed by atoms with Crippen molar-refractivity contribution in [3.05, 3.63) is 82.6 Å². The molecule has 2 N–H and O–H groups in total. The zero-order valence-corrected chi connectivity index (χ0v) is 19.3. The van der Waals surface area contributed by atoms with Crippen LogP contribution in [-0.2, 0) is 24.3 Å². The first kappa shape index (κ1) is 24.8. The second-order valence-electron chi connectivity index (χ2n) is 7.35. The molecule has 3 rings (SSSR count). The smallest absolute Gasteiger partial charge is 0.321 e. The number of halogens is 1. The number of amides is 1. The Hall–Kier alpha value is -3.83. The van der Waals surface area contributed by atoms with Crippen molar-refractivity contribution >= 4 is 33.8 Å². The summed E-state index contributed by atoms with van der Waals surface area (Å²) in [6, 6.07) is 14.3. The number of rotatable bonds is 9. The first-order valence-electron chi connectivity index (χ1n) is 10.1. The number of nitrogens with zero attached hydrogens (tertiary/aromatic N) is 2. The summed E-state index contributed by atoms with van der Waals surface area (Å²) in [5.74, 6) is -1.69. The maximum atomic E-state index is 13.2. The van der Waals surface area contributed by atoms with E-state index in [2.05, 4.69) is 15.1 Å². The molecule has 0 saturated carbocycles. The van der Waals surface area contributed by atoms with E-state index in [1.165, 1.54) is 35.0 Å². The van der Waals surface area contributed by atoms with E-state index in [0.29, 0.717) is 22.8 Å². The second-order valence-corrected chi connectivity index (χ2v) is 9.00. The van der Waals surface area contributed by atoms with Crippen LogP contribution in [0, 0.1) is 19.7 Å². The largest absolute Gasteiger partial charge is 0.455 e. The Morgan fingerprint density at radius 2 is 1.76 bits per heavy atom. The van der Waals surface area contributed by atoms with Crippen molar-refractivity contribution in [1.82, 2.24) is 14.5 Å². The molecule has 0 bridgehead atoms. The minimum absolute atomic E-state index is 0.298. The molecular weight excluding hydrogens is 463 g/mol. The van der Waals surface area contributed by atoms with Crippen LogP contribution in [0.15, 0.2) is 60.0 Å². The van der Waals surface area contributed by atoms with Gasteiger partial charge in [0.2, 0.25) is 10.0 Å². The summed E-state index contributed by atoms with van der Waals surface area (Å²) >= 11 is 0. The molecule has 0 saturated heterocycles. The number of aromatic nitrogens is 2. The molecule has 0 aliphatic heterocycles. The third kappa shape index (κ3) is 7.36. The second kappa shape index (κ2) is 10.9. The Balaban J connectivity index is 1.49. The lowest BCUT2D eigenvalue weighted by Gasteiger charge is -2.09. The fourth-order valence-electron chi connectivity index (χ4n) is 2.80. The molecule has 3 aromatic rings. The van der Waals surface area contributed by atoms with Crippen molar-refractivity contribution in [3.8, 4) is 5.69 Å². The van der Waals surface area contributed by atoms with Gasteiger partial charge in [-0.1, -0.05) is 29.8 Å². The van der Waals surface area contributed by atoms with Gasteiger partial charge in [0.15, 0.2) is 6.61 Å². The lowest BCUT2D eigenvalue weighted by atomic mass is 10.2. The lowest BCUT2D eigenvalue weighted by molar-refractivity contribution is -0.146. The molecule has 1 heterocycles. The van der Waals surface area contributed by atoms with Crippen LogP contribution in [-0.4, -0.2) is 43.2 Å². The highest BCUT2D eigenvalue weighted by molar-refractivity contribution is 7.92. The molecule has 0 aliphatic rings. The number of nitrogens with one attached hydrogen (secondary N) is 2. The van der Waals surface area contributed by atoms with Gasteiger partial charge in [0.05, 0.1) is 11.4 Å². The van der Waals surface area contributed by atoms with E-state index >= 15 is 0 Å². The number of hydrogen-bond donors (Lipinski definition) is 2. The quantitative estimate of drug-likeness (QED) is 0.449. The number of aryl methyl sites for hydroxylation is 2. The molecule has 0 fully saturated rings. The Bertz CT molecular complexity index is 1300. The molecule has 0 atom stereocenters. The topological polar surface area (TPSA) is 119 Å². The number of ether oxygens (including phenoxy) is 1. The number of hydrogen-bond acceptors (Lipinski definition) is 6. The third-order valence-electron chi connectivity index (χ3n) is 4.47. The van der Waals surface area contributed by atoms with E-state index in [-0.39, 0.29) is 0 Å². The predicted octanol–water partition coefficient (Wildman–Crippen LogP) is 2.70. The van der Waals surface area contributed by atoms with Gasteiger partial charge in [-0.15, -0.1) is 0 Å². The van der Waals surface area contributed by atoms with Gasteiger partial charge in [-0.2, -0.15) is 5.10 Å². The summed E-state index contributed by atoms with van der Waals surface area (Å²) in [7, 11) is -3.88. The van der Waals surface area contributed by atoms with E-state index < -0.39 is 40.9 Å². The first-order valence-corrected chi connectivity index (χ1v) is 11.7. The lowest BCUT2D eigenvalue weighted by Crippen LogP contribution is -2.31. The first-order chi connectivity index (χ1) is 16.1. The van der Waals surface area contributed by atoms with E-state index in [4.69, 9.17) is 4.74 Å². The van der Waals surface area contributed by atoms with E-state index in [1.54, 1.807) is 25.1 Å². The van der Waals surface area contributed by atoms with Gasteiger partial charge >= 0.3 is 5.97 Å². The maximum Gasteiger partial charge on any atom is 0.321 e. The number of esters is 1. The van der Waals surface area contributed by atoms with Crippen LogP contribution in [0.5, 0.6) is 0 Å². The van der Waals surface area contributed by atoms with Crippen LogP contribution in [0.1, 0.15) is 16.8 Å². The Kier molecular flexibility index (Phi) is 7.92. The van der Waals surface area contributed by atoms with Crippen molar-refractivity contribution in [2.24, 2.45) is 0 Å². The Morgan fingerprint density at radius 1 is 1.09 bits per heavy atom. The monoisotopic (exact) mass is 486 g/mol. The van der Waals surface area contributed by atoms with Crippen molar-refractivity contribution in [2.75, 3.05) is 18.5 Å². The molecule has 1 amide bonds. The molecule has 0 unspecified atom stereocenters. The van der Waals surface area contributed by atoms with Gasteiger partial charge in [-0.3, -0.25) is 9.59 Å². The molecule has 0 spiro atoms. The minimum atomic E-state index is -3.88. The molecule has 11 heteroatoms. The number of anilines is 1. The highest BCUT2D eigenvalue weighted by atomic mass is 32.2. The van der Waals surface area contributed by atoms with Crippen LogP contribution >= 0.6 is 0 Å². The summed E-state index contributed by atoms with van der Waals surface area (Å²) < 4.78 is 45.6. The normalized spacial score (nSPS) is 11.5. The van der Waals surface area contributed by atoms with Crippen LogP contribution in [0.3, 0.4) is 0 Å². The summed E-state index contributed by atoms with van der Waals surface area (Å²) in [6.07, 6.45) is 1.40. The minimum Gasteiger partial charge on any atom is -0.455 e. The molecule has 1 aromatic heterocycles. The van der Waals surface area contributed by atoms with Crippen LogP contribution in [0.4, 0.5) is 10.2 Å². The maximum absolute atomic E-state index is 13.2. The highest BCUT2D eigenvalue weighted by Gasteiger charge is 2.14. The number of carbonyl (C=O) groups is 2. The van der Waals surface area contributed by atoms with Crippen LogP contribution < -0.4 is 10.0 Å². The van der Waals surface area contributed by atoms with Gasteiger partial charge in [0.25, 0.3) is 5.91 Å². The van der Waals surface area contributed by atoms with Crippen molar-refractivity contribution in [2.45, 2.75) is 13.8 Å². The van der Waals surface area contributed by atoms with E-state index in [1.807, 2.05) is 19.1 Å². The molecule has 9 nitrogen and oxygen atoms in total. The number of sulfonamides is 1.